The van der Waals surface area contributed by atoms with Crippen LogP contribution in [-0.4, -0.2) is 29.5 Å². The molecule has 0 aliphatic carbocycles. The lowest BCUT2D eigenvalue weighted by molar-refractivity contribution is -0.129. The zero-order valence-electron chi connectivity index (χ0n) is 19.4. The molecule has 0 atom stereocenters. The number of benzene rings is 2. The molecule has 31 heavy (non-hydrogen) atoms. The van der Waals surface area contributed by atoms with Crippen molar-refractivity contribution in [1.82, 2.24) is 4.98 Å². The summed E-state index contributed by atoms with van der Waals surface area (Å²) in [4.78, 5) is 18.7. The summed E-state index contributed by atoms with van der Waals surface area (Å²) in [6, 6.07) is 16.5. The van der Waals surface area contributed by atoms with Crippen molar-refractivity contribution in [2.45, 2.75) is 59.5 Å². The van der Waals surface area contributed by atoms with E-state index in [0.29, 0.717) is 17.7 Å². The number of nitrogens with zero attached hydrogens (tertiary/aromatic N) is 2. The van der Waals surface area contributed by atoms with E-state index in [1.165, 1.54) is 6.42 Å². The van der Waals surface area contributed by atoms with Gasteiger partial charge in [0.05, 0.1) is 0 Å². The van der Waals surface area contributed by atoms with E-state index in [9.17, 15) is 4.79 Å². The topological polar surface area (TPSA) is 55.6 Å². The number of fused-ring (bicyclic) bond motifs is 1. The number of para-hydroxylation sites is 2. The Balaban J connectivity index is 1.72. The molecule has 0 N–H and O–H groups in total. The van der Waals surface area contributed by atoms with Crippen molar-refractivity contribution in [2.24, 2.45) is 5.92 Å². The molecule has 0 aliphatic heterocycles. The summed E-state index contributed by atoms with van der Waals surface area (Å²) in [7, 11) is 0. The SMILES string of the molecule is CC(=O)C(C)(C)Oc1cccc(CCN(CCCC(C)C)c2nc3ccccc3o2)c1. The number of carbonyl (C=O) groups is 1. The smallest absolute Gasteiger partial charge is 0.298 e. The lowest BCUT2D eigenvalue weighted by Gasteiger charge is -2.24. The molecule has 5 nitrogen and oxygen atoms in total. The first kappa shape index (κ1) is 22.9. The first-order valence-electron chi connectivity index (χ1n) is 11.1. The van der Waals surface area contributed by atoms with Crippen LogP contribution in [0.4, 0.5) is 6.01 Å². The summed E-state index contributed by atoms with van der Waals surface area (Å²) in [6.45, 7) is 11.3. The van der Waals surface area contributed by atoms with Gasteiger partial charge in [0.2, 0.25) is 0 Å². The fraction of sp³-hybridized carbons (Fsp3) is 0.462. The standard InChI is InChI=1S/C26H34N2O3/c1-19(2)10-9-16-28(25-27-23-13-6-7-14-24(23)30-25)17-15-21-11-8-12-22(18-21)31-26(4,5)20(3)29/h6-8,11-14,18-19H,9-10,15-17H2,1-5H3. The number of rotatable bonds is 11. The molecular formula is C26H34N2O3. The lowest BCUT2D eigenvalue weighted by Crippen LogP contribution is -2.36. The van der Waals surface area contributed by atoms with Crippen molar-refractivity contribution in [1.29, 1.82) is 0 Å². The van der Waals surface area contributed by atoms with E-state index in [1.54, 1.807) is 20.8 Å². The van der Waals surface area contributed by atoms with Crippen LogP contribution in [-0.2, 0) is 11.2 Å². The predicted octanol–water partition coefficient (Wildman–Crippen LogP) is 6.06. The summed E-state index contributed by atoms with van der Waals surface area (Å²) in [5.74, 6) is 1.39. The highest BCUT2D eigenvalue weighted by atomic mass is 16.5. The molecule has 166 valence electrons. The Kier molecular flexibility index (Phi) is 7.37. The molecule has 0 aliphatic rings. The maximum atomic E-state index is 11.8. The third-order valence-electron chi connectivity index (χ3n) is 5.55. The first-order valence-corrected chi connectivity index (χ1v) is 11.1. The van der Waals surface area contributed by atoms with Gasteiger partial charge < -0.3 is 14.1 Å². The van der Waals surface area contributed by atoms with Gasteiger partial charge in [-0.25, -0.2) is 0 Å². The largest absolute Gasteiger partial charge is 0.480 e. The van der Waals surface area contributed by atoms with Crippen LogP contribution in [0, 0.1) is 5.92 Å². The van der Waals surface area contributed by atoms with E-state index in [-0.39, 0.29) is 5.78 Å². The maximum absolute atomic E-state index is 11.8. The number of carbonyl (C=O) groups excluding carboxylic acids is 1. The van der Waals surface area contributed by atoms with E-state index in [1.807, 2.05) is 42.5 Å². The number of hydrogen-bond acceptors (Lipinski definition) is 5. The zero-order valence-corrected chi connectivity index (χ0v) is 19.4. The fourth-order valence-electron chi connectivity index (χ4n) is 3.38. The second-order valence-electron chi connectivity index (χ2n) is 9.05. The van der Waals surface area contributed by atoms with E-state index >= 15 is 0 Å². The van der Waals surface area contributed by atoms with E-state index in [0.717, 1.165) is 42.6 Å². The molecule has 0 radical (unpaired) electrons. The molecule has 0 saturated carbocycles. The normalized spacial score (nSPS) is 11.8. The van der Waals surface area contributed by atoms with Crippen molar-refractivity contribution in [3.05, 3.63) is 54.1 Å². The average Bonchev–Trinajstić information content (AvgIpc) is 3.14. The Bertz CT molecular complexity index is 974. The summed E-state index contributed by atoms with van der Waals surface area (Å²) in [5.41, 5.74) is 2.02. The predicted molar refractivity (Wildman–Crippen MR) is 126 cm³/mol. The van der Waals surface area contributed by atoms with Gasteiger partial charge in [0, 0.05) is 13.1 Å². The van der Waals surface area contributed by atoms with Gasteiger partial charge in [-0.2, -0.15) is 4.98 Å². The number of aromatic nitrogens is 1. The van der Waals surface area contributed by atoms with Gasteiger partial charge in [-0.1, -0.05) is 38.1 Å². The highest BCUT2D eigenvalue weighted by molar-refractivity contribution is 5.84. The molecule has 0 unspecified atom stereocenters. The summed E-state index contributed by atoms with van der Waals surface area (Å²) in [5, 5.41) is 0. The van der Waals surface area contributed by atoms with Crippen LogP contribution in [0.25, 0.3) is 11.1 Å². The van der Waals surface area contributed by atoms with Crippen LogP contribution in [0.15, 0.2) is 52.9 Å². The molecule has 2 aromatic carbocycles. The molecular weight excluding hydrogens is 388 g/mol. The van der Waals surface area contributed by atoms with E-state index < -0.39 is 5.60 Å². The molecule has 5 heteroatoms. The minimum absolute atomic E-state index is 0.00481. The monoisotopic (exact) mass is 422 g/mol. The van der Waals surface area contributed by atoms with Crippen molar-refractivity contribution >= 4 is 22.9 Å². The van der Waals surface area contributed by atoms with Crippen LogP contribution in [0.5, 0.6) is 5.75 Å². The van der Waals surface area contributed by atoms with Crippen LogP contribution < -0.4 is 9.64 Å². The molecule has 0 saturated heterocycles. The van der Waals surface area contributed by atoms with E-state index in [4.69, 9.17) is 14.1 Å². The number of oxazole rings is 1. The van der Waals surface area contributed by atoms with Gasteiger partial charge in [-0.15, -0.1) is 0 Å². The lowest BCUT2D eigenvalue weighted by atomic mass is 10.0. The Morgan fingerprint density at radius 2 is 1.90 bits per heavy atom. The Labute approximate surface area is 185 Å². The number of hydrogen-bond donors (Lipinski definition) is 0. The van der Waals surface area contributed by atoms with Gasteiger partial charge in [0.25, 0.3) is 6.01 Å². The fourth-order valence-corrected chi connectivity index (χ4v) is 3.38. The second kappa shape index (κ2) is 9.99. The third kappa shape index (κ3) is 6.33. The van der Waals surface area contributed by atoms with Crippen LogP contribution in [0.3, 0.4) is 0 Å². The molecule has 0 fully saturated rings. The quantitative estimate of drug-likeness (QED) is 0.376. The molecule has 1 aromatic heterocycles. The van der Waals surface area contributed by atoms with Gasteiger partial charge in [0.15, 0.2) is 17.0 Å². The zero-order chi connectivity index (χ0) is 22.4. The summed E-state index contributed by atoms with van der Waals surface area (Å²) in [6.07, 6.45) is 3.09. The third-order valence-corrected chi connectivity index (χ3v) is 5.55. The van der Waals surface area contributed by atoms with Crippen molar-refractivity contribution in [2.75, 3.05) is 18.0 Å². The van der Waals surface area contributed by atoms with E-state index in [2.05, 4.69) is 24.8 Å². The van der Waals surface area contributed by atoms with Gasteiger partial charge in [0.1, 0.15) is 11.3 Å². The molecule has 3 rings (SSSR count). The van der Waals surface area contributed by atoms with Crippen molar-refractivity contribution < 1.29 is 13.9 Å². The van der Waals surface area contributed by atoms with Crippen molar-refractivity contribution in [3.8, 4) is 5.75 Å². The maximum Gasteiger partial charge on any atom is 0.298 e. The molecule has 0 spiro atoms. The minimum Gasteiger partial charge on any atom is -0.480 e. The number of ether oxygens (including phenoxy) is 1. The Morgan fingerprint density at radius 1 is 1.13 bits per heavy atom. The molecule has 3 aromatic rings. The summed E-state index contributed by atoms with van der Waals surface area (Å²) >= 11 is 0. The minimum atomic E-state index is -0.834. The van der Waals surface area contributed by atoms with Crippen LogP contribution >= 0.6 is 0 Å². The first-order chi connectivity index (χ1) is 14.7. The van der Waals surface area contributed by atoms with Crippen LogP contribution in [0.1, 0.15) is 53.0 Å². The molecule has 0 amide bonds. The average molecular weight is 423 g/mol. The number of ketones is 1. The highest BCUT2D eigenvalue weighted by Crippen LogP contribution is 2.24. The van der Waals surface area contributed by atoms with Gasteiger partial charge >= 0.3 is 0 Å². The van der Waals surface area contributed by atoms with Gasteiger partial charge in [-0.3, -0.25) is 4.79 Å². The highest BCUT2D eigenvalue weighted by Gasteiger charge is 2.25. The number of anilines is 1. The summed E-state index contributed by atoms with van der Waals surface area (Å²) < 4.78 is 12.0. The van der Waals surface area contributed by atoms with Gasteiger partial charge in [-0.05, 0) is 75.8 Å². The second-order valence-corrected chi connectivity index (χ2v) is 9.05. The number of Topliss-reactive ketones (excluding diaryl/α,β-unsaturated/α-hetero) is 1. The molecule has 0 bridgehead atoms. The van der Waals surface area contributed by atoms with Crippen molar-refractivity contribution in [3.63, 3.8) is 0 Å². The van der Waals surface area contributed by atoms with Crippen LogP contribution in [0.2, 0.25) is 0 Å². The Hall–Kier alpha value is -2.82. The Morgan fingerprint density at radius 3 is 2.61 bits per heavy atom. The molecule has 1 heterocycles.